The van der Waals surface area contributed by atoms with Crippen LogP contribution >= 0.6 is 0 Å². The third-order valence-electron chi connectivity index (χ3n) is 5.64. The molecule has 1 fully saturated rings. The van der Waals surface area contributed by atoms with Gasteiger partial charge in [0.25, 0.3) is 0 Å². The summed E-state index contributed by atoms with van der Waals surface area (Å²) < 4.78 is 14.2. The van der Waals surface area contributed by atoms with Crippen LogP contribution in [-0.4, -0.2) is 49.7 Å². The largest absolute Gasteiger partial charge is 0.357 e. The van der Waals surface area contributed by atoms with Crippen LogP contribution < -0.4 is 4.90 Å². The van der Waals surface area contributed by atoms with Gasteiger partial charge in [0.2, 0.25) is 0 Å². The molecule has 4 rings (SSSR count). The van der Waals surface area contributed by atoms with Crippen molar-refractivity contribution in [1.29, 1.82) is 0 Å². The molecule has 3 aromatic rings. The average Bonchev–Trinajstić information content (AvgIpc) is 2.99. The molecule has 0 bridgehead atoms. The normalized spacial score (nSPS) is 17.8. The minimum absolute atomic E-state index is 0.496. The second-order valence-electron chi connectivity index (χ2n) is 8.12. The van der Waals surface area contributed by atoms with Gasteiger partial charge < -0.3 is 9.47 Å². The van der Waals surface area contributed by atoms with E-state index in [1.54, 1.807) is 6.26 Å². The molecule has 0 N–H and O–H groups in total. The van der Waals surface area contributed by atoms with Crippen molar-refractivity contribution in [1.82, 2.24) is 14.5 Å². The summed E-state index contributed by atoms with van der Waals surface area (Å²) in [5.41, 5.74) is 4.39. The molecule has 1 saturated heterocycles. The van der Waals surface area contributed by atoms with E-state index in [0.717, 1.165) is 65.5 Å². The number of aryl methyl sites for hydroxylation is 2. The van der Waals surface area contributed by atoms with Crippen LogP contribution in [0.3, 0.4) is 0 Å². The van der Waals surface area contributed by atoms with Crippen molar-refractivity contribution in [2.24, 2.45) is 13.0 Å². The van der Waals surface area contributed by atoms with E-state index in [4.69, 9.17) is 9.97 Å². The Labute approximate surface area is 167 Å². The molecule has 6 heteroatoms. The first-order valence-electron chi connectivity index (χ1n) is 9.75. The number of imidazole rings is 1. The zero-order chi connectivity index (χ0) is 19.9. The first-order chi connectivity index (χ1) is 13.3. The van der Waals surface area contributed by atoms with Crippen molar-refractivity contribution in [3.8, 4) is 11.4 Å². The van der Waals surface area contributed by atoms with Crippen LogP contribution in [0.15, 0.2) is 36.5 Å². The number of hydrogen-bond donors (Lipinski definition) is 0. The Bertz CT molecular complexity index is 1110. The van der Waals surface area contributed by atoms with Crippen molar-refractivity contribution in [2.45, 2.75) is 19.8 Å². The third-order valence-corrected chi connectivity index (χ3v) is 6.82. The van der Waals surface area contributed by atoms with Gasteiger partial charge >= 0.3 is 0 Å². The lowest BCUT2D eigenvalue weighted by molar-refractivity contribution is 0.440. The molecular formula is C22H28N4OS. The van der Waals surface area contributed by atoms with E-state index >= 15 is 0 Å². The van der Waals surface area contributed by atoms with Crippen LogP contribution in [0.5, 0.6) is 0 Å². The Hall–Kier alpha value is -2.34. The van der Waals surface area contributed by atoms with Gasteiger partial charge in [-0.1, -0.05) is 12.1 Å². The number of anilines is 1. The molecule has 0 spiro atoms. The second kappa shape index (κ2) is 7.24. The Morgan fingerprint density at radius 3 is 2.64 bits per heavy atom. The summed E-state index contributed by atoms with van der Waals surface area (Å²) in [7, 11) is 0.149. The Morgan fingerprint density at radius 2 is 1.96 bits per heavy atom. The van der Waals surface area contributed by atoms with E-state index in [9.17, 15) is 4.21 Å². The fourth-order valence-electron chi connectivity index (χ4n) is 4.14. The van der Waals surface area contributed by atoms with Gasteiger partial charge in [0.15, 0.2) is 0 Å². The first-order valence-corrected chi connectivity index (χ1v) is 12.1. The van der Waals surface area contributed by atoms with Gasteiger partial charge in [0.1, 0.15) is 11.6 Å². The number of aromatic nitrogens is 3. The topological polar surface area (TPSA) is 51.0 Å². The van der Waals surface area contributed by atoms with Crippen molar-refractivity contribution >= 4 is 32.2 Å². The summed E-state index contributed by atoms with van der Waals surface area (Å²) in [4.78, 5) is 11.9. The first kappa shape index (κ1) is 19.0. The number of nitrogens with zero attached hydrogens (tertiary/aromatic N) is 4. The number of hydrogen-bond acceptors (Lipinski definition) is 4. The summed E-state index contributed by atoms with van der Waals surface area (Å²) in [5, 5.41) is 0. The fraction of sp³-hybridized carbons (Fsp3) is 0.409. The van der Waals surface area contributed by atoms with E-state index < -0.39 is 9.52 Å². The molecule has 1 atom stereocenters. The third kappa shape index (κ3) is 3.78. The van der Waals surface area contributed by atoms with Gasteiger partial charge in [0, 0.05) is 43.9 Å². The Morgan fingerprint density at radius 1 is 1.25 bits per heavy atom. The molecular weight excluding hydrogens is 368 g/mol. The zero-order valence-corrected chi connectivity index (χ0v) is 17.7. The van der Waals surface area contributed by atoms with Crippen molar-refractivity contribution in [2.75, 3.05) is 30.0 Å². The van der Waals surface area contributed by atoms with Gasteiger partial charge in [-0.15, -0.1) is 0 Å². The molecule has 5 nitrogen and oxygen atoms in total. The van der Waals surface area contributed by atoms with Crippen LogP contribution in [0, 0.1) is 12.8 Å². The summed E-state index contributed by atoms with van der Waals surface area (Å²) in [6.45, 7) is 3.97. The van der Waals surface area contributed by atoms with Crippen molar-refractivity contribution in [3.05, 3.63) is 42.1 Å². The van der Waals surface area contributed by atoms with E-state index in [0.29, 0.717) is 5.92 Å². The highest BCUT2D eigenvalue weighted by atomic mass is 32.2. The molecule has 1 aromatic carbocycles. The highest BCUT2D eigenvalue weighted by molar-refractivity contribution is 7.99. The number of piperidine rings is 1. The van der Waals surface area contributed by atoms with Crippen LogP contribution in [-0.2, 0) is 16.6 Å². The number of pyridine rings is 1. The second-order valence-corrected chi connectivity index (χ2v) is 10.8. The average molecular weight is 397 g/mol. The number of fused-ring (bicyclic) bond motifs is 1. The molecule has 0 radical (unpaired) electrons. The van der Waals surface area contributed by atoms with Gasteiger partial charge in [-0.25, -0.2) is 9.97 Å². The van der Waals surface area contributed by atoms with Gasteiger partial charge in [-0.3, -0.25) is 4.21 Å². The van der Waals surface area contributed by atoms with Gasteiger partial charge in [-0.2, -0.15) is 0 Å². The Kier molecular flexibility index (Phi) is 4.91. The lowest BCUT2D eigenvalue weighted by Crippen LogP contribution is -2.36. The molecule has 0 amide bonds. The van der Waals surface area contributed by atoms with Crippen LogP contribution in [0.4, 0.5) is 5.82 Å². The molecule has 1 unspecified atom stereocenters. The number of benzene rings is 1. The maximum absolute atomic E-state index is 12.0. The van der Waals surface area contributed by atoms with E-state index in [1.807, 2.05) is 18.3 Å². The van der Waals surface area contributed by atoms with Crippen LogP contribution in [0.2, 0.25) is 0 Å². The summed E-state index contributed by atoms with van der Waals surface area (Å²) in [5.74, 6) is 7.01. The summed E-state index contributed by atoms with van der Waals surface area (Å²) >= 11 is 0. The van der Waals surface area contributed by atoms with Crippen LogP contribution in [0.25, 0.3) is 22.4 Å². The zero-order valence-electron chi connectivity index (χ0n) is 16.9. The monoisotopic (exact) mass is 396 g/mol. The van der Waals surface area contributed by atoms with Gasteiger partial charge in [-0.05, 0) is 64.8 Å². The molecule has 1 aliphatic rings. The predicted octanol–water partition coefficient (Wildman–Crippen LogP) is 3.51. The van der Waals surface area contributed by atoms with Crippen LogP contribution in [0.1, 0.15) is 18.4 Å². The molecule has 148 valence electrons. The smallest absolute Gasteiger partial charge is 0.141 e. The molecule has 3 heterocycles. The highest BCUT2D eigenvalue weighted by Gasteiger charge is 2.22. The van der Waals surface area contributed by atoms with E-state index in [-0.39, 0.29) is 0 Å². The summed E-state index contributed by atoms with van der Waals surface area (Å²) in [6.07, 6.45) is 5.80. The lowest BCUT2D eigenvalue weighted by Gasteiger charge is -2.33. The SMILES string of the molecule is C=S(C)(=O)CC1CCN(c2cc(-c3nc4ccccc4n3C)c(C)cn2)CC1. The van der Waals surface area contributed by atoms with E-state index in [1.165, 1.54) is 0 Å². The minimum Gasteiger partial charge on any atom is -0.357 e. The van der Waals surface area contributed by atoms with E-state index in [2.05, 4.69) is 47.5 Å². The van der Waals surface area contributed by atoms with Gasteiger partial charge in [0.05, 0.1) is 11.0 Å². The standard InChI is InChI=1S/C22H28N4OS/c1-16-14-23-21(26-11-9-17(10-12-26)15-28(3,4)27)13-18(16)22-24-19-7-5-6-8-20(19)25(22)2/h5-8,13-14,17H,3,9-12,15H2,1-2,4H3. The molecule has 1 aliphatic heterocycles. The molecule has 0 aliphatic carbocycles. The molecule has 2 aromatic heterocycles. The summed E-state index contributed by atoms with van der Waals surface area (Å²) in [6, 6.07) is 10.4. The van der Waals surface area contributed by atoms with Crippen molar-refractivity contribution < 1.29 is 4.21 Å². The fourth-order valence-corrected chi connectivity index (χ4v) is 5.47. The minimum atomic E-state index is -1.92. The molecule has 28 heavy (non-hydrogen) atoms. The number of rotatable bonds is 4. The highest BCUT2D eigenvalue weighted by Crippen LogP contribution is 2.30. The maximum Gasteiger partial charge on any atom is 0.141 e. The Balaban J connectivity index is 1.60. The predicted molar refractivity (Wildman–Crippen MR) is 120 cm³/mol. The quantitative estimate of drug-likeness (QED) is 0.634. The van der Waals surface area contributed by atoms with Crippen molar-refractivity contribution in [3.63, 3.8) is 0 Å². The molecule has 0 saturated carbocycles. The number of para-hydroxylation sites is 2. The maximum atomic E-state index is 12.0. The lowest BCUT2D eigenvalue weighted by atomic mass is 9.99.